The molecule has 0 saturated carbocycles. The lowest BCUT2D eigenvalue weighted by Gasteiger charge is -2.28. The number of hydrogen-bond donors (Lipinski definition) is 2. The van der Waals surface area contributed by atoms with E-state index in [4.69, 9.17) is 4.74 Å². The number of methoxy groups -OCH3 is 1. The van der Waals surface area contributed by atoms with E-state index < -0.39 is 5.60 Å². The Morgan fingerprint density at radius 3 is 2.67 bits per heavy atom. The predicted molar refractivity (Wildman–Crippen MR) is 72.6 cm³/mol. The van der Waals surface area contributed by atoms with Gasteiger partial charge in [-0.25, -0.2) is 0 Å². The Kier molecular flexibility index (Phi) is 6.60. The summed E-state index contributed by atoms with van der Waals surface area (Å²) in [6.07, 6.45) is 1.68. The fourth-order valence-corrected chi connectivity index (χ4v) is 2.02. The van der Waals surface area contributed by atoms with Gasteiger partial charge in [-0.15, -0.1) is 0 Å². The summed E-state index contributed by atoms with van der Waals surface area (Å²) in [7, 11) is 1.59. The second-order valence-electron chi connectivity index (χ2n) is 4.99. The topological polar surface area (TPSA) is 53.6 Å². The van der Waals surface area contributed by atoms with Gasteiger partial charge < -0.3 is 20.3 Å². The maximum Gasteiger partial charge on any atom is 0.251 e. The first-order valence-electron chi connectivity index (χ1n) is 6.89. The Bertz CT molecular complexity index is 249. The Hall–Kier alpha value is -0.650. The van der Waals surface area contributed by atoms with Crippen molar-refractivity contribution in [3.05, 3.63) is 0 Å². The molecule has 1 rings (SSSR count). The van der Waals surface area contributed by atoms with E-state index in [0.29, 0.717) is 6.42 Å². The lowest BCUT2D eigenvalue weighted by Crippen LogP contribution is -2.47. The largest absolute Gasteiger partial charge is 0.369 e. The number of carbonyl (C=O) groups is 1. The highest BCUT2D eigenvalue weighted by atomic mass is 16.5. The molecule has 1 aliphatic rings. The highest BCUT2D eigenvalue weighted by Crippen LogP contribution is 2.13. The van der Waals surface area contributed by atoms with Crippen LogP contribution in [-0.4, -0.2) is 62.8 Å². The Labute approximate surface area is 110 Å². The molecule has 18 heavy (non-hydrogen) atoms. The maximum absolute atomic E-state index is 11.9. The van der Waals surface area contributed by atoms with E-state index in [0.717, 1.165) is 45.7 Å². The van der Waals surface area contributed by atoms with Crippen LogP contribution in [0.2, 0.25) is 0 Å². The lowest BCUT2D eigenvalue weighted by atomic mass is 10.0. The molecule has 5 nitrogen and oxygen atoms in total. The summed E-state index contributed by atoms with van der Waals surface area (Å²) in [6, 6.07) is 0. The van der Waals surface area contributed by atoms with Gasteiger partial charge in [-0.3, -0.25) is 4.79 Å². The Balaban J connectivity index is 2.15. The number of hydrogen-bond acceptors (Lipinski definition) is 4. The zero-order valence-electron chi connectivity index (χ0n) is 11.9. The second-order valence-corrected chi connectivity index (χ2v) is 4.99. The standard InChI is InChI=1S/C13H27N3O2/c1-4-13(2,18-3)12(17)15-6-5-9-16-10-7-14-8-11-16/h14H,4-11H2,1-3H3,(H,15,17). The summed E-state index contributed by atoms with van der Waals surface area (Å²) < 4.78 is 5.27. The van der Waals surface area contributed by atoms with Crippen molar-refractivity contribution >= 4 is 5.91 Å². The van der Waals surface area contributed by atoms with Gasteiger partial charge in [0.2, 0.25) is 0 Å². The number of rotatable bonds is 7. The summed E-state index contributed by atoms with van der Waals surface area (Å²) in [5.41, 5.74) is -0.685. The van der Waals surface area contributed by atoms with Crippen molar-refractivity contribution in [2.45, 2.75) is 32.3 Å². The van der Waals surface area contributed by atoms with Gasteiger partial charge in [0.05, 0.1) is 0 Å². The third-order valence-electron chi connectivity index (χ3n) is 3.75. The third-order valence-corrected chi connectivity index (χ3v) is 3.75. The summed E-state index contributed by atoms with van der Waals surface area (Å²) >= 11 is 0. The molecule has 0 spiro atoms. The monoisotopic (exact) mass is 257 g/mol. The first-order valence-corrected chi connectivity index (χ1v) is 6.89. The molecular formula is C13H27N3O2. The number of nitrogens with one attached hydrogen (secondary N) is 2. The summed E-state index contributed by atoms with van der Waals surface area (Å²) in [6.45, 7) is 9.94. The van der Waals surface area contributed by atoms with E-state index in [1.54, 1.807) is 7.11 Å². The van der Waals surface area contributed by atoms with Gasteiger partial charge in [0.15, 0.2) is 0 Å². The zero-order chi connectivity index (χ0) is 13.4. The smallest absolute Gasteiger partial charge is 0.251 e. The number of amides is 1. The molecular weight excluding hydrogens is 230 g/mol. The molecule has 0 bridgehead atoms. The van der Waals surface area contributed by atoms with Crippen LogP contribution in [0.4, 0.5) is 0 Å². The van der Waals surface area contributed by atoms with Crippen molar-refractivity contribution in [2.75, 3.05) is 46.4 Å². The van der Waals surface area contributed by atoms with Gasteiger partial charge in [0.1, 0.15) is 5.60 Å². The minimum Gasteiger partial charge on any atom is -0.369 e. The van der Waals surface area contributed by atoms with Crippen LogP contribution in [0.5, 0.6) is 0 Å². The molecule has 2 N–H and O–H groups in total. The highest BCUT2D eigenvalue weighted by molar-refractivity contribution is 5.84. The van der Waals surface area contributed by atoms with Gasteiger partial charge in [-0.1, -0.05) is 6.92 Å². The first kappa shape index (κ1) is 15.4. The van der Waals surface area contributed by atoms with E-state index >= 15 is 0 Å². The molecule has 1 aliphatic heterocycles. The summed E-state index contributed by atoms with van der Waals surface area (Å²) in [5, 5.41) is 6.29. The normalized spacial score (nSPS) is 20.4. The molecule has 5 heteroatoms. The first-order chi connectivity index (χ1) is 8.62. The molecule has 1 amide bonds. The van der Waals surface area contributed by atoms with Crippen LogP contribution in [0.25, 0.3) is 0 Å². The van der Waals surface area contributed by atoms with Gasteiger partial charge in [-0.05, 0) is 26.3 Å². The average Bonchev–Trinajstić information content (AvgIpc) is 2.43. The molecule has 1 heterocycles. The lowest BCUT2D eigenvalue weighted by molar-refractivity contribution is -0.141. The molecule has 106 valence electrons. The summed E-state index contributed by atoms with van der Waals surface area (Å²) in [4.78, 5) is 14.3. The Morgan fingerprint density at radius 2 is 2.11 bits per heavy atom. The van der Waals surface area contributed by atoms with Crippen molar-refractivity contribution < 1.29 is 9.53 Å². The van der Waals surface area contributed by atoms with Crippen LogP contribution in [0.3, 0.4) is 0 Å². The molecule has 1 fully saturated rings. The van der Waals surface area contributed by atoms with Gasteiger partial charge in [0.25, 0.3) is 5.91 Å². The number of carbonyl (C=O) groups excluding carboxylic acids is 1. The van der Waals surface area contributed by atoms with E-state index in [1.165, 1.54) is 0 Å². The van der Waals surface area contributed by atoms with Gasteiger partial charge in [0, 0.05) is 39.8 Å². The molecule has 0 aromatic rings. The zero-order valence-corrected chi connectivity index (χ0v) is 11.9. The van der Waals surface area contributed by atoms with E-state index in [9.17, 15) is 4.79 Å². The van der Waals surface area contributed by atoms with E-state index in [-0.39, 0.29) is 5.91 Å². The van der Waals surface area contributed by atoms with Crippen LogP contribution < -0.4 is 10.6 Å². The second kappa shape index (κ2) is 7.71. The quantitative estimate of drug-likeness (QED) is 0.640. The third kappa shape index (κ3) is 4.55. The molecule has 0 aliphatic carbocycles. The van der Waals surface area contributed by atoms with Crippen LogP contribution in [0.1, 0.15) is 26.7 Å². The van der Waals surface area contributed by atoms with Crippen molar-refractivity contribution in [1.29, 1.82) is 0 Å². The SMILES string of the molecule is CCC(C)(OC)C(=O)NCCCN1CCNCC1. The fourth-order valence-electron chi connectivity index (χ4n) is 2.02. The number of nitrogens with zero attached hydrogens (tertiary/aromatic N) is 1. The molecule has 1 unspecified atom stereocenters. The van der Waals surface area contributed by atoms with Crippen molar-refractivity contribution in [3.63, 3.8) is 0 Å². The van der Waals surface area contributed by atoms with E-state index in [1.807, 2.05) is 13.8 Å². The molecule has 0 aromatic carbocycles. The van der Waals surface area contributed by atoms with Gasteiger partial charge in [-0.2, -0.15) is 0 Å². The minimum absolute atomic E-state index is 0.00666. The van der Waals surface area contributed by atoms with Crippen molar-refractivity contribution in [1.82, 2.24) is 15.5 Å². The highest BCUT2D eigenvalue weighted by Gasteiger charge is 2.30. The van der Waals surface area contributed by atoms with Crippen LogP contribution in [-0.2, 0) is 9.53 Å². The molecule has 1 atom stereocenters. The fraction of sp³-hybridized carbons (Fsp3) is 0.923. The van der Waals surface area contributed by atoms with Crippen molar-refractivity contribution in [3.8, 4) is 0 Å². The number of ether oxygens (including phenoxy) is 1. The van der Waals surface area contributed by atoms with Crippen LogP contribution in [0.15, 0.2) is 0 Å². The minimum atomic E-state index is -0.685. The number of piperazine rings is 1. The summed E-state index contributed by atoms with van der Waals surface area (Å²) in [5.74, 6) is -0.00666. The maximum atomic E-state index is 11.9. The Morgan fingerprint density at radius 1 is 1.44 bits per heavy atom. The van der Waals surface area contributed by atoms with Gasteiger partial charge >= 0.3 is 0 Å². The van der Waals surface area contributed by atoms with Crippen molar-refractivity contribution in [2.24, 2.45) is 0 Å². The molecule has 0 aromatic heterocycles. The van der Waals surface area contributed by atoms with Crippen LogP contribution >= 0.6 is 0 Å². The molecule has 0 radical (unpaired) electrons. The average molecular weight is 257 g/mol. The molecule has 1 saturated heterocycles. The van der Waals surface area contributed by atoms with E-state index in [2.05, 4.69) is 15.5 Å². The van der Waals surface area contributed by atoms with Crippen LogP contribution in [0, 0.1) is 0 Å². The predicted octanol–water partition coefficient (Wildman–Crippen LogP) is 0.213.